The van der Waals surface area contributed by atoms with E-state index in [1.54, 1.807) is 6.07 Å². The zero-order valence-electron chi connectivity index (χ0n) is 9.50. The fourth-order valence-corrected chi connectivity index (χ4v) is 2.69. The lowest BCUT2D eigenvalue weighted by Crippen LogP contribution is -2.13. The Balaban J connectivity index is 2.17. The van der Waals surface area contributed by atoms with E-state index in [0.717, 1.165) is 36.7 Å². The highest BCUT2D eigenvalue weighted by Crippen LogP contribution is 2.40. The number of carbonyl (C=O) groups is 1. The number of hydrogen-bond acceptors (Lipinski definition) is 2. The van der Waals surface area contributed by atoms with E-state index in [-0.39, 0.29) is 5.82 Å². The normalized spacial score (nSPS) is 17.6. The maximum absolute atomic E-state index is 13.5. The van der Waals surface area contributed by atoms with Gasteiger partial charge in [-0.05, 0) is 52.9 Å². The topological polar surface area (TPSA) is 26.3 Å². The molecule has 4 heteroatoms. The number of carbonyl (C=O) groups excluding carboxylic acids is 1. The maximum Gasteiger partial charge on any atom is 0.149 e. The summed E-state index contributed by atoms with van der Waals surface area (Å²) in [5.41, 5.74) is 2.53. The van der Waals surface area contributed by atoms with Gasteiger partial charge in [0.2, 0.25) is 0 Å². The van der Waals surface area contributed by atoms with Crippen molar-refractivity contribution < 1.29 is 13.9 Å². The Hall–Kier alpha value is -1.42. The molecule has 18 heavy (non-hydrogen) atoms. The van der Waals surface area contributed by atoms with E-state index in [9.17, 15) is 9.18 Å². The van der Waals surface area contributed by atoms with E-state index in [0.29, 0.717) is 21.6 Å². The second kappa shape index (κ2) is 4.35. The number of ether oxygens (including phenoxy) is 1. The van der Waals surface area contributed by atoms with Crippen LogP contribution in [0.1, 0.15) is 24.8 Å². The molecule has 0 saturated carbocycles. The van der Waals surface area contributed by atoms with Crippen molar-refractivity contribution in [2.75, 3.05) is 0 Å². The third-order valence-electron chi connectivity index (χ3n) is 3.21. The molecule has 1 aromatic rings. The predicted molar refractivity (Wildman–Crippen MR) is 69.6 cm³/mol. The van der Waals surface area contributed by atoms with Crippen molar-refractivity contribution in [1.29, 1.82) is 0 Å². The molecule has 1 aliphatic heterocycles. The largest absolute Gasteiger partial charge is 0.456 e. The lowest BCUT2D eigenvalue weighted by Gasteiger charge is -2.25. The van der Waals surface area contributed by atoms with Gasteiger partial charge in [-0.3, -0.25) is 4.79 Å². The van der Waals surface area contributed by atoms with Crippen LogP contribution in [-0.2, 0) is 4.79 Å². The minimum atomic E-state index is -0.366. The molecule has 3 rings (SSSR count). The SMILES string of the molecule is O=CC1=C2Oc3cc(F)c(Br)cc3C=C2CCC1. The van der Waals surface area contributed by atoms with Gasteiger partial charge in [0, 0.05) is 17.2 Å². The molecule has 0 spiro atoms. The maximum atomic E-state index is 13.5. The van der Waals surface area contributed by atoms with Gasteiger partial charge in [0.15, 0.2) is 0 Å². The molecule has 2 nitrogen and oxygen atoms in total. The molecule has 92 valence electrons. The number of benzene rings is 1. The van der Waals surface area contributed by atoms with Crippen molar-refractivity contribution in [3.8, 4) is 5.75 Å². The van der Waals surface area contributed by atoms with Gasteiger partial charge in [0.05, 0.1) is 4.47 Å². The number of hydrogen-bond donors (Lipinski definition) is 0. The summed E-state index contributed by atoms with van der Waals surface area (Å²) in [5, 5.41) is 0. The molecule has 1 aromatic carbocycles. The van der Waals surface area contributed by atoms with Gasteiger partial charge in [0.1, 0.15) is 23.6 Å². The van der Waals surface area contributed by atoms with Crippen molar-refractivity contribution in [1.82, 2.24) is 0 Å². The van der Waals surface area contributed by atoms with Crippen LogP contribution in [-0.4, -0.2) is 6.29 Å². The van der Waals surface area contributed by atoms with Crippen LogP contribution in [0.25, 0.3) is 6.08 Å². The van der Waals surface area contributed by atoms with Crippen molar-refractivity contribution in [3.63, 3.8) is 0 Å². The molecule has 0 aromatic heterocycles. The van der Waals surface area contributed by atoms with Crippen LogP contribution in [0.2, 0.25) is 0 Å². The second-order valence-corrected chi connectivity index (χ2v) is 5.26. The van der Waals surface area contributed by atoms with Crippen LogP contribution in [0.3, 0.4) is 0 Å². The van der Waals surface area contributed by atoms with Crippen molar-refractivity contribution >= 4 is 28.3 Å². The van der Waals surface area contributed by atoms with E-state index in [2.05, 4.69) is 15.9 Å². The van der Waals surface area contributed by atoms with E-state index in [1.807, 2.05) is 6.08 Å². The standard InChI is InChI=1S/C14H10BrFO2/c15-11-5-10-4-8-2-1-3-9(7-17)14(8)18-13(10)6-12(11)16/h4-7H,1-3H2. The molecule has 0 radical (unpaired) electrons. The molecule has 0 N–H and O–H groups in total. The number of halogens is 2. The Morgan fingerprint density at radius 3 is 2.94 bits per heavy atom. The Morgan fingerprint density at radius 2 is 2.17 bits per heavy atom. The second-order valence-electron chi connectivity index (χ2n) is 4.40. The van der Waals surface area contributed by atoms with Crippen molar-refractivity contribution in [2.45, 2.75) is 19.3 Å². The lowest BCUT2D eigenvalue weighted by atomic mass is 9.91. The summed E-state index contributed by atoms with van der Waals surface area (Å²) >= 11 is 3.16. The molecule has 0 fully saturated rings. The summed E-state index contributed by atoms with van der Waals surface area (Å²) in [6, 6.07) is 3.04. The summed E-state index contributed by atoms with van der Waals surface area (Å²) in [6.07, 6.45) is 5.37. The van der Waals surface area contributed by atoms with Crippen LogP contribution in [0.4, 0.5) is 4.39 Å². The van der Waals surface area contributed by atoms with E-state index in [1.165, 1.54) is 6.07 Å². The molecule has 0 saturated heterocycles. The fraction of sp³-hybridized carbons (Fsp3) is 0.214. The molecule has 2 aliphatic rings. The first kappa shape index (κ1) is 11.7. The minimum absolute atomic E-state index is 0.366. The van der Waals surface area contributed by atoms with Crippen LogP contribution in [0.5, 0.6) is 5.75 Å². The highest BCUT2D eigenvalue weighted by molar-refractivity contribution is 9.10. The van der Waals surface area contributed by atoms with Gasteiger partial charge in [-0.25, -0.2) is 4.39 Å². The summed E-state index contributed by atoms with van der Waals surface area (Å²) < 4.78 is 19.6. The number of fused-ring (bicyclic) bond motifs is 2. The van der Waals surface area contributed by atoms with Gasteiger partial charge in [0.25, 0.3) is 0 Å². The Morgan fingerprint density at radius 1 is 1.33 bits per heavy atom. The lowest BCUT2D eigenvalue weighted by molar-refractivity contribution is -0.105. The van der Waals surface area contributed by atoms with Gasteiger partial charge in [-0.2, -0.15) is 0 Å². The van der Waals surface area contributed by atoms with Crippen LogP contribution >= 0.6 is 15.9 Å². The number of aldehydes is 1. The summed E-state index contributed by atoms with van der Waals surface area (Å²) in [5.74, 6) is 0.718. The van der Waals surface area contributed by atoms with Crippen LogP contribution in [0, 0.1) is 5.82 Å². The molecule has 0 unspecified atom stereocenters. The van der Waals surface area contributed by atoms with E-state index in [4.69, 9.17) is 4.74 Å². The average Bonchev–Trinajstić information content (AvgIpc) is 2.37. The number of rotatable bonds is 1. The predicted octanol–water partition coefficient (Wildman–Crippen LogP) is 4.00. The molecule has 0 amide bonds. The van der Waals surface area contributed by atoms with Gasteiger partial charge in [-0.1, -0.05) is 0 Å². The first-order chi connectivity index (χ1) is 8.69. The first-order valence-corrected chi connectivity index (χ1v) is 6.54. The Bertz CT molecular complexity index is 602. The molecule has 1 aliphatic carbocycles. The average molecular weight is 309 g/mol. The van der Waals surface area contributed by atoms with Gasteiger partial charge < -0.3 is 4.74 Å². The van der Waals surface area contributed by atoms with Crippen molar-refractivity contribution in [2.24, 2.45) is 0 Å². The third kappa shape index (κ3) is 1.81. The number of allylic oxidation sites excluding steroid dienone is 2. The molecular formula is C14H10BrFO2. The summed E-state index contributed by atoms with van der Waals surface area (Å²) in [4.78, 5) is 11.0. The van der Waals surface area contributed by atoms with Gasteiger partial charge >= 0.3 is 0 Å². The fourth-order valence-electron chi connectivity index (χ4n) is 2.33. The van der Waals surface area contributed by atoms with Gasteiger partial charge in [-0.15, -0.1) is 0 Å². The van der Waals surface area contributed by atoms with E-state index >= 15 is 0 Å². The smallest absolute Gasteiger partial charge is 0.149 e. The van der Waals surface area contributed by atoms with Crippen LogP contribution < -0.4 is 4.74 Å². The van der Waals surface area contributed by atoms with Crippen LogP contribution in [0.15, 0.2) is 33.5 Å². The Labute approximate surface area is 112 Å². The highest BCUT2D eigenvalue weighted by atomic mass is 79.9. The minimum Gasteiger partial charge on any atom is -0.456 e. The summed E-state index contributed by atoms with van der Waals surface area (Å²) in [7, 11) is 0. The van der Waals surface area contributed by atoms with E-state index < -0.39 is 0 Å². The Kier molecular flexibility index (Phi) is 2.82. The molecule has 1 heterocycles. The van der Waals surface area contributed by atoms with Crippen molar-refractivity contribution in [3.05, 3.63) is 44.9 Å². The zero-order valence-corrected chi connectivity index (χ0v) is 11.1. The molecular weight excluding hydrogens is 299 g/mol. The zero-order chi connectivity index (χ0) is 12.7. The molecule has 0 bridgehead atoms. The third-order valence-corrected chi connectivity index (χ3v) is 3.82. The summed E-state index contributed by atoms with van der Waals surface area (Å²) in [6.45, 7) is 0. The molecule has 0 atom stereocenters. The highest BCUT2D eigenvalue weighted by Gasteiger charge is 2.24. The monoisotopic (exact) mass is 308 g/mol. The quantitative estimate of drug-likeness (QED) is 0.733. The first-order valence-electron chi connectivity index (χ1n) is 5.75.